The van der Waals surface area contributed by atoms with Crippen molar-refractivity contribution in [1.29, 1.82) is 0 Å². The number of allylic oxidation sites excluding steroid dienone is 1. The first-order valence-electron chi connectivity index (χ1n) is 9.54. The van der Waals surface area contributed by atoms with Crippen molar-refractivity contribution in [3.8, 4) is 11.4 Å². The number of amides is 1. The van der Waals surface area contributed by atoms with Crippen molar-refractivity contribution in [3.05, 3.63) is 67.3 Å². The van der Waals surface area contributed by atoms with Crippen LogP contribution < -0.4 is 16.6 Å². The molecule has 0 aliphatic rings. The second kappa shape index (κ2) is 9.84. The van der Waals surface area contributed by atoms with E-state index >= 15 is 0 Å². The molecule has 1 amide bonds. The predicted octanol–water partition coefficient (Wildman–Crippen LogP) is 3.24. The minimum Gasteiger partial charge on any atom is -0.300 e. The molecule has 1 aromatic carbocycles. The number of benzene rings is 1. The number of hydrogen-bond donors (Lipinski definition) is 1. The second-order valence-electron chi connectivity index (χ2n) is 7.04. The quantitative estimate of drug-likeness (QED) is 0.553. The van der Waals surface area contributed by atoms with Gasteiger partial charge >= 0.3 is 5.69 Å². The van der Waals surface area contributed by atoms with E-state index in [1.54, 1.807) is 39.1 Å². The maximum atomic E-state index is 12.2. The van der Waals surface area contributed by atoms with E-state index in [4.69, 9.17) is 11.6 Å². The van der Waals surface area contributed by atoms with E-state index in [1.807, 2.05) is 12.1 Å². The number of carbonyl (C=O) groups is 1. The zero-order valence-electron chi connectivity index (χ0n) is 17.9. The third-order valence-electron chi connectivity index (χ3n) is 4.63. The van der Waals surface area contributed by atoms with Gasteiger partial charge in [-0.15, -0.1) is 0 Å². The molecule has 32 heavy (non-hydrogen) atoms. The zero-order valence-corrected chi connectivity index (χ0v) is 19.5. The van der Waals surface area contributed by atoms with Crippen LogP contribution in [0.1, 0.15) is 18.9 Å². The summed E-state index contributed by atoms with van der Waals surface area (Å²) in [4.78, 5) is 45.0. The van der Waals surface area contributed by atoms with Crippen LogP contribution in [0.15, 0.2) is 50.5 Å². The standard InChI is InChI=1S/C21H21ClN6O3S/c1-12(11-23-18-13(2)19(30)28(4)21(31)27(18)3)5-10-16(29)24-20-25-17(26-32-20)14-6-8-15(22)9-7-14/h5-9,11H,10H2,1-4H3,(H,24,25,26,29)/b12-5-,23-11?. The molecule has 0 saturated heterocycles. The summed E-state index contributed by atoms with van der Waals surface area (Å²) >= 11 is 6.97. The Hall–Kier alpha value is -3.37. The molecule has 0 unspecified atom stereocenters. The summed E-state index contributed by atoms with van der Waals surface area (Å²) in [7, 11) is 2.97. The minimum absolute atomic E-state index is 0.0994. The average Bonchev–Trinajstić information content (AvgIpc) is 3.23. The van der Waals surface area contributed by atoms with Crippen molar-refractivity contribution < 1.29 is 4.79 Å². The molecule has 3 aromatic rings. The molecule has 2 aromatic heterocycles. The normalized spacial score (nSPS) is 11.8. The number of nitrogens with one attached hydrogen (secondary N) is 1. The second-order valence-corrected chi connectivity index (χ2v) is 8.23. The SMILES string of the molecule is C/C(C=Nc1c(C)c(=O)n(C)c(=O)n1C)=C/CC(=O)Nc1nc(-c2ccc(Cl)cc2)ns1. The van der Waals surface area contributed by atoms with Gasteiger partial charge in [-0.2, -0.15) is 9.36 Å². The molecule has 0 atom stereocenters. The van der Waals surface area contributed by atoms with Crippen molar-refractivity contribution in [2.24, 2.45) is 19.1 Å². The van der Waals surface area contributed by atoms with Crippen molar-refractivity contribution in [2.75, 3.05) is 5.32 Å². The van der Waals surface area contributed by atoms with Crippen LogP contribution in [0.2, 0.25) is 5.02 Å². The largest absolute Gasteiger partial charge is 0.332 e. The van der Waals surface area contributed by atoms with Gasteiger partial charge in [-0.25, -0.2) is 9.79 Å². The van der Waals surface area contributed by atoms with E-state index in [9.17, 15) is 14.4 Å². The van der Waals surface area contributed by atoms with Crippen LogP contribution in [-0.4, -0.2) is 30.6 Å². The summed E-state index contributed by atoms with van der Waals surface area (Å²) in [5.41, 5.74) is 1.02. The van der Waals surface area contributed by atoms with Gasteiger partial charge in [0.15, 0.2) is 5.82 Å². The fourth-order valence-electron chi connectivity index (χ4n) is 2.81. The van der Waals surface area contributed by atoms with Crippen LogP contribution in [0.3, 0.4) is 0 Å². The van der Waals surface area contributed by atoms with Gasteiger partial charge in [-0.3, -0.25) is 18.7 Å². The smallest absolute Gasteiger partial charge is 0.300 e. The first-order chi connectivity index (χ1) is 15.2. The number of aromatic nitrogens is 4. The highest BCUT2D eigenvalue weighted by atomic mass is 35.5. The Kier molecular flexibility index (Phi) is 7.16. The van der Waals surface area contributed by atoms with Gasteiger partial charge in [0.2, 0.25) is 11.0 Å². The van der Waals surface area contributed by atoms with E-state index in [0.29, 0.717) is 27.1 Å². The summed E-state index contributed by atoms with van der Waals surface area (Å²) in [5.74, 6) is 0.531. The molecule has 3 rings (SSSR count). The van der Waals surface area contributed by atoms with Crippen LogP contribution in [0.5, 0.6) is 0 Å². The Morgan fingerprint density at radius 3 is 2.59 bits per heavy atom. The maximum Gasteiger partial charge on any atom is 0.332 e. The van der Waals surface area contributed by atoms with Crippen molar-refractivity contribution in [2.45, 2.75) is 20.3 Å². The molecule has 0 bridgehead atoms. The number of carbonyl (C=O) groups excluding carboxylic acids is 1. The third kappa shape index (κ3) is 5.27. The molecule has 0 aliphatic heterocycles. The summed E-state index contributed by atoms with van der Waals surface area (Å²) in [6.07, 6.45) is 3.30. The van der Waals surface area contributed by atoms with Gasteiger partial charge in [-0.1, -0.05) is 17.7 Å². The van der Waals surface area contributed by atoms with Crippen LogP contribution in [0.4, 0.5) is 10.9 Å². The lowest BCUT2D eigenvalue weighted by Gasteiger charge is -2.08. The number of hydrogen-bond acceptors (Lipinski definition) is 7. The van der Waals surface area contributed by atoms with Crippen molar-refractivity contribution >= 4 is 46.2 Å². The van der Waals surface area contributed by atoms with Gasteiger partial charge in [0, 0.05) is 48.8 Å². The number of anilines is 1. The number of rotatable bonds is 6. The Morgan fingerprint density at radius 1 is 1.22 bits per heavy atom. The summed E-state index contributed by atoms with van der Waals surface area (Å²) in [5, 5.41) is 3.73. The Morgan fingerprint density at radius 2 is 1.91 bits per heavy atom. The highest BCUT2D eigenvalue weighted by molar-refractivity contribution is 7.10. The lowest BCUT2D eigenvalue weighted by molar-refractivity contribution is -0.115. The molecule has 0 radical (unpaired) electrons. The topological polar surface area (TPSA) is 111 Å². The Balaban J connectivity index is 1.65. The van der Waals surface area contributed by atoms with Gasteiger partial charge in [0.05, 0.1) is 5.56 Å². The zero-order chi connectivity index (χ0) is 23.4. The first-order valence-corrected chi connectivity index (χ1v) is 10.7. The van der Waals surface area contributed by atoms with E-state index < -0.39 is 11.2 Å². The Bertz CT molecular complexity index is 1300. The molecule has 9 nitrogen and oxygen atoms in total. The van der Waals surface area contributed by atoms with Gasteiger partial charge in [-0.05, 0) is 43.7 Å². The molecule has 166 valence electrons. The van der Waals surface area contributed by atoms with E-state index in [1.165, 1.54) is 17.8 Å². The molecule has 0 fully saturated rings. The third-order valence-corrected chi connectivity index (χ3v) is 5.51. The predicted molar refractivity (Wildman–Crippen MR) is 127 cm³/mol. The first kappa shape index (κ1) is 23.3. The van der Waals surface area contributed by atoms with Gasteiger partial charge in [0.1, 0.15) is 5.82 Å². The minimum atomic E-state index is -0.455. The lowest BCUT2D eigenvalue weighted by Crippen LogP contribution is -2.38. The van der Waals surface area contributed by atoms with Gasteiger partial charge < -0.3 is 5.32 Å². The Labute approximate surface area is 192 Å². The monoisotopic (exact) mass is 472 g/mol. The number of halogens is 1. The molecule has 0 aliphatic carbocycles. The van der Waals surface area contributed by atoms with Crippen LogP contribution >= 0.6 is 23.1 Å². The molecule has 0 saturated carbocycles. The fourth-order valence-corrected chi connectivity index (χ4v) is 3.55. The lowest BCUT2D eigenvalue weighted by atomic mass is 10.2. The van der Waals surface area contributed by atoms with E-state index in [-0.39, 0.29) is 18.1 Å². The van der Waals surface area contributed by atoms with Crippen LogP contribution in [-0.2, 0) is 18.9 Å². The summed E-state index contributed by atoms with van der Waals surface area (Å²) < 4.78 is 6.59. The highest BCUT2D eigenvalue weighted by Crippen LogP contribution is 2.22. The summed E-state index contributed by atoms with van der Waals surface area (Å²) in [6.45, 7) is 3.39. The highest BCUT2D eigenvalue weighted by Gasteiger charge is 2.11. The average molecular weight is 473 g/mol. The molecular formula is C21H21ClN6O3S. The fraction of sp³-hybridized carbons (Fsp3) is 0.238. The molecule has 1 N–H and O–H groups in total. The molecule has 2 heterocycles. The van der Waals surface area contributed by atoms with E-state index in [2.05, 4.69) is 19.7 Å². The molecule has 0 spiro atoms. The summed E-state index contributed by atoms with van der Waals surface area (Å²) in [6, 6.07) is 7.11. The van der Waals surface area contributed by atoms with Gasteiger partial charge in [0.25, 0.3) is 5.56 Å². The van der Waals surface area contributed by atoms with Crippen molar-refractivity contribution in [3.63, 3.8) is 0 Å². The number of nitrogens with zero attached hydrogens (tertiary/aromatic N) is 5. The molecule has 11 heteroatoms. The molecular weight excluding hydrogens is 452 g/mol. The maximum absolute atomic E-state index is 12.2. The van der Waals surface area contributed by atoms with Crippen molar-refractivity contribution in [1.82, 2.24) is 18.5 Å². The van der Waals surface area contributed by atoms with E-state index in [0.717, 1.165) is 21.7 Å². The van der Waals surface area contributed by atoms with Crippen LogP contribution in [0.25, 0.3) is 11.4 Å². The van der Waals surface area contributed by atoms with Crippen LogP contribution in [0, 0.1) is 6.92 Å². The number of aliphatic imine (C=N–C) groups is 1.